The Labute approximate surface area is 177 Å². The molecule has 0 aromatic heterocycles. The summed E-state index contributed by atoms with van der Waals surface area (Å²) in [6.07, 6.45) is 3.39. The predicted octanol–water partition coefficient (Wildman–Crippen LogP) is 3.58. The second-order valence-corrected chi connectivity index (χ2v) is 7.33. The lowest BCUT2D eigenvalue weighted by Gasteiger charge is -2.30. The number of methoxy groups -OCH3 is 2. The highest BCUT2D eigenvalue weighted by Gasteiger charge is 2.19. The Bertz CT molecular complexity index is 907. The molecule has 1 aliphatic rings. The molecule has 7 heteroatoms. The fourth-order valence-electron chi connectivity index (χ4n) is 3.67. The standard InChI is InChI=1S/C23H29N3O4/c1-16(27)25-18-8-9-19(20(14-18)26-11-5-4-6-12-26)23(28)24-15-17-7-10-21(29-2)22(13-17)30-3/h7-10,13-14H,4-6,11-12,15H2,1-3H3,(H,24,28)(H,25,27). The smallest absolute Gasteiger partial charge is 0.253 e. The molecule has 2 amide bonds. The molecule has 1 aliphatic heterocycles. The molecule has 160 valence electrons. The maximum Gasteiger partial charge on any atom is 0.253 e. The fraction of sp³-hybridized carbons (Fsp3) is 0.391. The quantitative estimate of drug-likeness (QED) is 0.728. The van der Waals surface area contributed by atoms with Crippen LogP contribution in [0.2, 0.25) is 0 Å². The number of amides is 2. The Morgan fingerprint density at radius 1 is 0.967 bits per heavy atom. The van der Waals surface area contributed by atoms with Gasteiger partial charge in [0.25, 0.3) is 5.91 Å². The minimum atomic E-state index is -0.153. The van der Waals surface area contributed by atoms with E-state index < -0.39 is 0 Å². The van der Waals surface area contributed by atoms with Gasteiger partial charge >= 0.3 is 0 Å². The summed E-state index contributed by atoms with van der Waals surface area (Å²) >= 11 is 0. The van der Waals surface area contributed by atoms with Crippen molar-refractivity contribution in [3.63, 3.8) is 0 Å². The highest BCUT2D eigenvalue weighted by atomic mass is 16.5. The Morgan fingerprint density at radius 3 is 2.37 bits per heavy atom. The number of carbonyl (C=O) groups is 2. The summed E-state index contributed by atoms with van der Waals surface area (Å²) < 4.78 is 10.6. The number of rotatable bonds is 7. The van der Waals surface area contributed by atoms with Crippen LogP contribution >= 0.6 is 0 Å². The average Bonchev–Trinajstić information content (AvgIpc) is 2.77. The van der Waals surface area contributed by atoms with E-state index in [1.54, 1.807) is 26.4 Å². The number of anilines is 2. The molecule has 0 radical (unpaired) electrons. The van der Waals surface area contributed by atoms with Gasteiger partial charge in [-0.1, -0.05) is 6.07 Å². The molecule has 0 atom stereocenters. The van der Waals surface area contributed by atoms with Crippen molar-refractivity contribution < 1.29 is 19.1 Å². The molecule has 0 spiro atoms. The van der Waals surface area contributed by atoms with Gasteiger partial charge < -0.3 is 25.0 Å². The van der Waals surface area contributed by atoms with E-state index in [0.29, 0.717) is 29.3 Å². The number of hydrogen-bond donors (Lipinski definition) is 2. The first-order valence-electron chi connectivity index (χ1n) is 10.2. The zero-order valence-corrected chi connectivity index (χ0v) is 17.8. The molecule has 3 rings (SSSR count). The molecule has 1 heterocycles. The van der Waals surface area contributed by atoms with Crippen LogP contribution in [0.25, 0.3) is 0 Å². The van der Waals surface area contributed by atoms with Gasteiger partial charge in [-0.2, -0.15) is 0 Å². The van der Waals surface area contributed by atoms with E-state index in [1.165, 1.54) is 13.3 Å². The van der Waals surface area contributed by atoms with Crippen LogP contribution in [-0.4, -0.2) is 39.1 Å². The van der Waals surface area contributed by atoms with Gasteiger partial charge in [-0.3, -0.25) is 9.59 Å². The molecule has 0 aliphatic carbocycles. The number of nitrogens with one attached hydrogen (secondary N) is 2. The first-order chi connectivity index (χ1) is 14.5. The van der Waals surface area contributed by atoms with E-state index in [1.807, 2.05) is 24.3 Å². The van der Waals surface area contributed by atoms with Gasteiger partial charge in [0.1, 0.15) is 0 Å². The largest absolute Gasteiger partial charge is 0.493 e. The molecule has 0 unspecified atom stereocenters. The van der Waals surface area contributed by atoms with Crippen LogP contribution in [0.15, 0.2) is 36.4 Å². The number of carbonyl (C=O) groups excluding carboxylic acids is 2. The SMILES string of the molecule is COc1ccc(CNC(=O)c2ccc(NC(C)=O)cc2N2CCCCC2)cc1OC. The summed E-state index contributed by atoms with van der Waals surface area (Å²) in [5.41, 5.74) is 3.06. The maximum atomic E-state index is 13.0. The topological polar surface area (TPSA) is 79.9 Å². The molecule has 0 saturated carbocycles. The highest BCUT2D eigenvalue weighted by Crippen LogP contribution is 2.29. The van der Waals surface area contributed by atoms with Crippen molar-refractivity contribution in [3.05, 3.63) is 47.5 Å². The van der Waals surface area contributed by atoms with Crippen molar-refractivity contribution in [3.8, 4) is 11.5 Å². The Kier molecular flexibility index (Phi) is 7.17. The molecular formula is C23H29N3O4. The van der Waals surface area contributed by atoms with Gasteiger partial charge in [-0.05, 0) is 55.2 Å². The van der Waals surface area contributed by atoms with E-state index in [4.69, 9.17) is 9.47 Å². The Morgan fingerprint density at radius 2 is 1.70 bits per heavy atom. The van der Waals surface area contributed by atoms with Crippen LogP contribution in [0, 0.1) is 0 Å². The van der Waals surface area contributed by atoms with Crippen LogP contribution in [0.4, 0.5) is 11.4 Å². The molecule has 1 fully saturated rings. The zero-order chi connectivity index (χ0) is 21.5. The van der Waals surface area contributed by atoms with Gasteiger partial charge in [-0.15, -0.1) is 0 Å². The number of nitrogens with zero attached hydrogens (tertiary/aromatic N) is 1. The number of benzene rings is 2. The van der Waals surface area contributed by atoms with Crippen LogP contribution in [0.3, 0.4) is 0 Å². The van der Waals surface area contributed by atoms with E-state index in [2.05, 4.69) is 15.5 Å². The molecular weight excluding hydrogens is 382 g/mol. The molecule has 30 heavy (non-hydrogen) atoms. The van der Waals surface area contributed by atoms with Crippen LogP contribution in [0.5, 0.6) is 11.5 Å². The third kappa shape index (κ3) is 5.23. The zero-order valence-electron chi connectivity index (χ0n) is 17.8. The normalized spacial score (nSPS) is 13.5. The summed E-state index contributed by atoms with van der Waals surface area (Å²) in [6.45, 7) is 3.65. The van der Waals surface area contributed by atoms with Crippen LogP contribution in [-0.2, 0) is 11.3 Å². The first-order valence-corrected chi connectivity index (χ1v) is 10.2. The van der Waals surface area contributed by atoms with Crippen molar-refractivity contribution in [1.82, 2.24) is 5.32 Å². The minimum Gasteiger partial charge on any atom is -0.493 e. The summed E-state index contributed by atoms with van der Waals surface area (Å²) in [4.78, 5) is 26.7. The fourth-order valence-corrected chi connectivity index (χ4v) is 3.67. The lowest BCUT2D eigenvalue weighted by atomic mass is 10.1. The monoisotopic (exact) mass is 411 g/mol. The predicted molar refractivity (Wildman–Crippen MR) is 118 cm³/mol. The van der Waals surface area contributed by atoms with Crippen molar-refractivity contribution in [2.45, 2.75) is 32.7 Å². The Hall–Kier alpha value is -3.22. The lowest BCUT2D eigenvalue weighted by molar-refractivity contribution is -0.114. The third-order valence-corrected chi connectivity index (χ3v) is 5.16. The molecule has 2 N–H and O–H groups in total. The minimum absolute atomic E-state index is 0.134. The molecule has 2 aromatic rings. The van der Waals surface area contributed by atoms with Crippen molar-refractivity contribution in [2.75, 3.05) is 37.5 Å². The van der Waals surface area contributed by atoms with Crippen molar-refractivity contribution in [2.24, 2.45) is 0 Å². The third-order valence-electron chi connectivity index (χ3n) is 5.16. The number of piperidine rings is 1. The van der Waals surface area contributed by atoms with Gasteiger partial charge in [-0.25, -0.2) is 0 Å². The van der Waals surface area contributed by atoms with E-state index >= 15 is 0 Å². The van der Waals surface area contributed by atoms with Gasteiger partial charge in [0.15, 0.2) is 11.5 Å². The van der Waals surface area contributed by atoms with Gasteiger partial charge in [0, 0.05) is 32.2 Å². The second-order valence-electron chi connectivity index (χ2n) is 7.33. The van der Waals surface area contributed by atoms with E-state index in [9.17, 15) is 9.59 Å². The van der Waals surface area contributed by atoms with E-state index in [-0.39, 0.29) is 11.8 Å². The molecule has 7 nitrogen and oxygen atoms in total. The Balaban J connectivity index is 1.79. The van der Waals surface area contributed by atoms with Crippen LogP contribution in [0.1, 0.15) is 42.1 Å². The van der Waals surface area contributed by atoms with Gasteiger partial charge in [0.05, 0.1) is 25.5 Å². The molecule has 0 bridgehead atoms. The maximum absolute atomic E-state index is 13.0. The van der Waals surface area contributed by atoms with Crippen LogP contribution < -0.4 is 25.0 Å². The number of hydrogen-bond acceptors (Lipinski definition) is 5. The van der Waals surface area contributed by atoms with Gasteiger partial charge in [0.2, 0.25) is 5.91 Å². The van der Waals surface area contributed by atoms with E-state index in [0.717, 1.165) is 37.2 Å². The first kappa shape index (κ1) is 21.5. The molecule has 2 aromatic carbocycles. The summed E-state index contributed by atoms with van der Waals surface area (Å²) in [6, 6.07) is 11.0. The highest BCUT2D eigenvalue weighted by molar-refractivity contribution is 6.01. The molecule has 1 saturated heterocycles. The summed E-state index contributed by atoms with van der Waals surface area (Å²) in [5.74, 6) is 0.983. The number of ether oxygens (including phenoxy) is 2. The van der Waals surface area contributed by atoms with Crippen molar-refractivity contribution >= 4 is 23.2 Å². The second kappa shape index (κ2) is 10.0. The van der Waals surface area contributed by atoms with Crippen molar-refractivity contribution in [1.29, 1.82) is 0 Å². The summed E-state index contributed by atoms with van der Waals surface area (Å²) in [5, 5.41) is 5.80. The lowest BCUT2D eigenvalue weighted by Crippen LogP contribution is -2.32. The average molecular weight is 412 g/mol. The summed E-state index contributed by atoms with van der Waals surface area (Å²) in [7, 11) is 3.17.